The van der Waals surface area contributed by atoms with Crippen LogP contribution in [0.25, 0.3) is 0 Å². The Hall–Kier alpha value is -0.0800. The normalized spacial score (nSPS) is 24.9. The van der Waals surface area contributed by atoms with Crippen molar-refractivity contribution in [3.63, 3.8) is 0 Å². The molecule has 0 bridgehead atoms. The van der Waals surface area contributed by atoms with E-state index in [0.29, 0.717) is 0 Å². The van der Waals surface area contributed by atoms with Gasteiger partial charge in [-0.3, -0.25) is 0 Å². The Balaban J connectivity index is 1.91. The van der Waals surface area contributed by atoms with Crippen molar-refractivity contribution in [1.82, 2.24) is 4.90 Å². The van der Waals surface area contributed by atoms with E-state index in [-0.39, 0.29) is 5.60 Å². The Morgan fingerprint density at radius 3 is 2.30 bits per heavy atom. The molecule has 0 spiro atoms. The first-order valence-electron chi connectivity index (χ1n) is 9.17. The van der Waals surface area contributed by atoms with Crippen molar-refractivity contribution >= 4 is 0 Å². The molecule has 0 aromatic carbocycles. The summed E-state index contributed by atoms with van der Waals surface area (Å²) in [7, 11) is 0. The Morgan fingerprint density at radius 2 is 1.70 bits per heavy atom. The van der Waals surface area contributed by atoms with E-state index in [0.717, 1.165) is 18.9 Å². The number of piperidine rings is 1. The number of unbranched alkanes of at least 4 members (excludes halogenated alkanes) is 1. The maximum absolute atomic E-state index is 6.49. The second-order valence-corrected chi connectivity index (χ2v) is 6.94. The first-order valence-corrected chi connectivity index (χ1v) is 9.17. The lowest BCUT2D eigenvalue weighted by Gasteiger charge is -2.47. The van der Waals surface area contributed by atoms with E-state index in [1.807, 2.05) is 0 Å². The number of hydrogen-bond acceptors (Lipinski definition) is 2. The van der Waals surface area contributed by atoms with E-state index in [2.05, 4.69) is 18.7 Å². The summed E-state index contributed by atoms with van der Waals surface area (Å²) < 4.78 is 6.49. The predicted octanol–water partition coefficient (Wildman–Crippen LogP) is 4.63. The fourth-order valence-corrected chi connectivity index (χ4v) is 4.14. The van der Waals surface area contributed by atoms with Crippen LogP contribution in [0.2, 0.25) is 0 Å². The summed E-state index contributed by atoms with van der Waals surface area (Å²) in [6.45, 7) is 9.32. The molecule has 1 aliphatic carbocycles. The van der Waals surface area contributed by atoms with Gasteiger partial charge in [0.25, 0.3) is 0 Å². The molecule has 0 N–H and O–H groups in total. The van der Waals surface area contributed by atoms with Gasteiger partial charge in [0.2, 0.25) is 0 Å². The number of ether oxygens (including phenoxy) is 1. The highest BCUT2D eigenvalue weighted by Crippen LogP contribution is 2.41. The average molecular weight is 281 g/mol. The van der Waals surface area contributed by atoms with E-state index in [4.69, 9.17) is 4.74 Å². The zero-order valence-corrected chi connectivity index (χ0v) is 13.8. The summed E-state index contributed by atoms with van der Waals surface area (Å²) in [5, 5.41) is 0. The van der Waals surface area contributed by atoms with Crippen LogP contribution in [0.15, 0.2) is 0 Å². The number of hydrogen-bond donors (Lipinski definition) is 0. The van der Waals surface area contributed by atoms with Crippen LogP contribution in [0.3, 0.4) is 0 Å². The van der Waals surface area contributed by atoms with Crippen molar-refractivity contribution in [3.8, 4) is 0 Å². The second kappa shape index (κ2) is 8.38. The molecule has 1 saturated carbocycles. The Bertz CT molecular complexity index is 252. The van der Waals surface area contributed by atoms with Crippen LogP contribution in [0.4, 0.5) is 0 Å². The Morgan fingerprint density at radius 1 is 1.00 bits per heavy atom. The lowest BCUT2D eigenvalue weighted by Crippen LogP contribution is -2.51. The molecule has 1 heterocycles. The van der Waals surface area contributed by atoms with E-state index in [1.54, 1.807) is 0 Å². The minimum Gasteiger partial charge on any atom is -0.375 e. The molecular formula is C18H35NO. The number of nitrogens with zero attached hydrogens (tertiary/aromatic N) is 1. The third kappa shape index (κ3) is 4.21. The highest BCUT2D eigenvalue weighted by molar-refractivity contribution is 4.94. The highest BCUT2D eigenvalue weighted by atomic mass is 16.5. The van der Waals surface area contributed by atoms with Gasteiger partial charge in [0.05, 0.1) is 5.60 Å². The van der Waals surface area contributed by atoms with Gasteiger partial charge < -0.3 is 9.64 Å². The van der Waals surface area contributed by atoms with Crippen LogP contribution >= 0.6 is 0 Å². The largest absolute Gasteiger partial charge is 0.375 e. The van der Waals surface area contributed by atoms with Gasteiger partial charge in [-0.05, 0) is 51.0 Å². The van der Waals surface area contributed by atoms with Crippen LogP contribution in [0.5, 0.6) is 0 Å². The molecule has 0 radical (unpaired) electrons. The lowest BCUT2D eigenvalue weighted by atomic mass is 9.72. The van der Waals surface area contributed by atoms with Crippen LogP contribution in [0, 0.1) is 5.92 Å². The Kier molecular flexibility index (Phi) is 6.83. The molecule has 2 fully saturated rings. The molecule has 2 nitrogen and oxygen atoms in total. The maximum Gasteiger partial charge on any atom is 0.0734 e. The van der Waals surface area contributed by atoms with Crippen LogP contribution in [0.1, 0.15) is 78.1 Å². The summed E-state index contributed by atoms with van der Waals surface area (Å²) in [5.41, 5.74) is 0.235. The summed E-state index contributed by atoms with van der Waals surface area (Å²) >= 11 is 0. The second-order valence-electron chi connectivity index (χ2n) is 6.94. The zero-order chi connectivity index (χ0) is 14.3. The number of likely N-dealkylation sites (tertiary alicyclic amines) is 1. The van der Waals surface area contributed by atoms with Crippen molar-refractivity contribution < 1.29 is 4.74 Å². The van der Waals surface area contributed by atoms with Crippen molar-refractivity contribution in [3.05, 3.63) is 0 Å². The van der Waals surface area contributed by atoms with Gasteiger partial charge in [0.15, 0.2) is 0 Å². The predicted molar refractivity (Wildman–Crippen MR) is 86.1 cm³/mol. The molecule has 20 heavy (non-hydrogen) atoms. The van der Waals surface area contributed by atoms with E-state index in [1.165, 1.54) is 77.4 Å². The molecule has 1 aliphatic heterocycles. The summed E-state index contributed by atoms with van der Waals surface area (Å²) in [6, 6.07) is 0. The average Bonchev–Trinajstić information content (AvgIpc) is 2.53. The quantitative estimate of drug-likeness (QED) is 0.674. The first-order chi connectivity index (χ1) is 9.80. The smallest absolute Gasteiger partial charge is 0.0734 e. The van der Waals surface area contributed by atoms with Crippen molar-refractivity contribution in [2.75, 3.05) is 26.2 Å². The molecule has 1 saturated heterocycles. The van der Waals surface area contributed by atoms with Crippen LogP contribution in [-0.2, 0) is 4.74 Å². The molecular weight excluding hydrogens is 246 g/mol. The van der Waals surface area contributed by atoms with Crippen LogP contribution in [-0.4, -0.2) is 36.7 Å². The monoisotopic (exact) mass is 281 g/mol. The molecule has 0 aromatic rings. The van der Waals surface area contributed by atoms with Crippen molar-refractivity contribution in [1.29, 1.82) is 0 Å². The van der Waals surface area contributed by atoms with Gasteiger partial charge in [-0.2, -0.15) is 0 Å². The fourth-order valence-electron chi connectivity index (χ4n) is 4.14. The van der Waals surface area contributed by atoms with E-state index >= 15 is 0 Å². The third-order valence-corrected chi connectivity index (χ3v) is 5.47. The van der Waals surface area contributed by atoms with Crippen molar-refractivity contribution in [2.24, 2.45) is 5.92 Å². The third-order valence-electron chi connectivity index (χ3n) is 5.47. The molecule has 0 aromatic heterocycles. The molecule has 2 heteroatoms. The summed E-state index contributed by atoms with van der Waals surface area (Å²) in [5.74, 6) is 0.844. The van der Waals surface area contributed by atoms with Crippen LogP contribution < -0.4 is 0 Å². The van der Waals surface area contributed by atoms with Crippen molar-refractivity contribution in [2.45, 2.75) is 83.7 Å². The Labute approximate surface area is 126 Å². The molecule has 118 valence electrons. The number of rotatable bonds is 7. The minimum atomic E-state index is 0.235. The highest BCUT2D eigenvalue weighted by Gasteiger charge is 2.42. The van der Waals surface area contributed by atoms with Gasteiger partial charge in [0.1, 0.15) is 0 Å². The standard InChI is InChI=1S/C18H35NO/c1-3-5-13-19-14-11-18(12-15-19,20-16-4-2)17-9-7-6-8-10-17/h17H,3-16H2,1-2H3. The molecule has 2 aliphatic rings. The maximum atomic E-state index is 6.49. The molecule has 0 unspecified atom stereocenters. The van der Waals surface area contributed by atoms with E-state index < -0.39 is 0 Å². The zero-order valence-electron chi connectivity index (χ0n) is 13.8. The van der Waals surface area contributed by atoms with Gasteiger partial charge in [-0.25, -0.2) is 0 Å². The minimum absolute atomic E-state index is 0.235. The van der Waals surface area contributed by atoms with Gasteiger partial charge in [-0.15, -0.1) is 0 Å². The molecule has 0 amide bonds. The van der Waals surface area contributed by atoms with E-state index in [9.17, 15) is 0 Å². The molecule has 2 rings (SSSR count). The lowest BCUT2D eigenvalue weighted by molar-refractivity contribution is -0.128. The van der Waals surface area contributed by atoms with Gasteiger partial charge in [0, 0.05) is 19.7 Å². The SMILES string of the molecule is CCCCN1CCC(OCCC)(C2CCCCC2)CC1. The van der Waals surface area contributed by atoms with Gasteiger partial charge >= 0.3 is 0 Å². The summed E-state index contributed by atoms with van der Waals surface area (Å²) in [4.78, 5) is 2.67. The van der Waals surface area contributed by atoms with Gasteiger partial charge in [-0.1, -0.05) is 39.5 Å². The first kappa shape index (κ1) is 16.3. The topological polar surface area (TPSA) is 12.5 Å². The molecule has 0 atom stereocenters. The fraction of sp³-hybridized carbons (Fsp3) is 1.00. The summed E-state index contributed by atoms with van der Waals surface area (Å²) in [6.07, 6.45) is 13.5.